The van der Waals surface area contributed by atoms with Gasteiger partial charge in [-0.3, -0.25) is 10.2 Å². The second-order valence-electron chi connectivity index (χ2n) is 5.26. The minimum Gasteiger partial charge on any atom is -0.313 e. The van der Waals surface area contributed by atoms with Crippen LogP contribution in [0, 0.1) is 13.8 Å². The van der Waals surface area contributed by atoms with E-state index in [1.165, 1.54) is 16.7 Å². The molecule has 24 heavy (non-hydrogen) atoms. The van der Waals surface area contributed by atoms with Gasteiger partial charge in [0.2, 0.25) is 6.41 Å². The fraction of sp³-hybridized carbons (Fsp3) is 0.167. The van der Waals surface area contributed by atoms with Crippen molar-refractivity contribution in [1.82, 2.24) is 5.43 Å². The van der Waals surface area contributed by atoms with E-state index < -0.39 is 0 Å². The number of rotatable bonds is 4. The molecule has 0 radical (unpaired) electrons. The summed E-state index contributed by atoms with van der Waals surface area (Å²) in [4.78, 5) is 8.94. The fourth-order valence-corrected chi connectivity index (χ4v) is 2.60. The van der Waals surface area contributed by atoms with Crippen LogP contribution in [-0.2, 0) is 4.79 Å². The summed E-state index contributed by atoms with van der Waals surface area (Å²) in [6.07, 6.45) is 4.64. The van der Waals surface area contributed by atoms with Gasteiger partial charge in [-0.1, -0.05) is 57.9 Å². The monoisotopic (exact) mass is 390 g/mol. The Bertz CT molecular complexity index is 714. The number of hydrogen-bond acceptors (Lipinski definition) is 4. The van der Waals surface area contributed by atoms with Gasteiger partial charge in [-0.2, -0.15) is 0 Å². The molecule has 0 atom stereocenters. The number of carbonyl (C=O) groups excluding carboxylic acids is 1. The number of nitrogens with one attached hydrogen (secondary N) is 1. The first-order valence-corrected chi connectivity index (χ1v) is 8.12. The third kappa shape index (κ3) is 5.81. The Balaban J connectivity index is 0.000000648. The van der Waals surface area contributed by atoms with Crippen LogP contribution in [0.2, 0.25) is 0 Å². The van der Waals surface area contributed by atoms with E-state index >= 15 is 0 Å². The van der Waals surface area contributed by atoms with Crippen LogP contribution in [-0.4, -0.2) is 13.5 Å². The fourth-order valence-electron chi connectivity index (χ4n) is 2.11. The highest BCUT2D eigenvalue weighted by atomic mass is 79.9. The van der Waals surface area contributed by atoms with E-state index in [1.807, 2.05) is 25.2 Å². The molecule has 1 amide bonds. The predicted molar refractivity (Wildman–Crippen MR) is 105 cm³/mol. The molecule has 0 aliphatic heterocycles. The molecule has 0 bridgehead atoms. The molecule has 0 saturated carbocycles. The van der Waals surface area contributed by atoms with E-state index in [0.717, 1.165) is 15.7 Å². The van der Waals surface area contributed by atoms with Gasteiger partial charge in [-0.15, -0.1) is 0 Å². The smallest absolute Gasteiger partial charge is 0.221 e. The van der Waals surface area contributed by atoms with Gasteiger partial charge in [0, 0.05) is 17.1 Å². The van der Waals surface area contributed by atoms with Crippen molar-refractivity contribution in [3.8, 4) is 0 Å². The first kappa shape index (κ1) is 19.9. The van der Waals surface area contributed by atoms with Crippen molar-refractivity contribution in [2.24, 2.45) is 11.7 Å². The second kappa shape index (κ2) is 9.87. The van der Waals surface area contributed by atoms with Gasteiger partial charge in [0.15, 0.2) is 0 Å². The Morgan fingerprint density at radius 2 is 1.83 bits per heavy atom. The zero-order chi connectivity index (χ0) is 18.1. The highest BCUT2D eigenvalue weighted by Gasteiger charge is 2.06. The number of nitrogens with two attached hydrogens (primary N) is 2. The van der Waals surface area contributed by atoms with E-state index in [-0.39, 0.29) is 0 Å². The zero-order valence-electron chi connectivity index (χ0n) is 14.1. The number of anilines is 1. The van der Waals surface area contributed by atoms with E-state index in [0.29, 0.717) is 6.41 Å². The summed E-state index contributed by atoms with van der Waals surface area (Å²) in [6.45, 7) is 4.23. The minimum absolute atomic E-state index is 0.403. The summed E-state index contributed by atoms with van der Waals surface area (Å²) >= 11 is 3.59. The van der Waals surface area contributed by atoms with Crippen molar-refractivity contribution in [3.05, 3.63) is 63.1 Å². The Hall–Kier alpha value is -2.15. The molecule has 0 unspecified atom stereocenters. The maximum absolute atomic E-state index is 8.94. The first-order valence-electron chi connectivity index (χ1n) is 7.32. The Morgan fingerprint density at radius 3 is 2.42 bits per heavy atom. The Kier molecular flexibility index (Phi) is 8.18. The van der Waals surface area contributed by atoms with Gasteiger partial charge in [0.05, 0.1) is 5.69 Å². The number of carbonyl (C=O) groups is 1. The van der Waals surface area contributed by atoms with Gasteiger partial charge in [-0.05, 0) is 37.1 Å². The first-order chi connectivity index (χ1) is 11.4. The van der Waals surface area contributed by atoms with Gasteiger partial charge >= 0.3 is 0 Å². The van der Waals surface area contributed by atoms with Crippen molar-refractivity contribution in [3.63, 3.8) is 0 Å². The molecule has 2 rings (SSSR count). The molecular weight excluding hydrogens is 368 g/mol. The average Bonchev–Trinajstić information content (AvgIpc) is 2.56. The third-order valence-corrected chi connectivity index (χ3v) is 4.03. The van der Waals surface area contributed by atoms with Crippen LogP contribution in [0.3, 0.4) is 0 Å². The maximum Gasteiger partial charge on any atom is 0.221 e. The zero-order valence-corrected chi connectivity index (χ0v) is 15.7. The third-order valence-electron chi connectivity index (χ3n) is 3.34. The largest absolute Gasteiger partial charge is 0.313 e. The van der Waals surface area contributed by atoms with Gasteiger partial charge < -0.3 is 5.01 Å². The van der Waals surface area contributed by atoms with Crippen LogP contribution in [0.25, 0.3) is 12.2 Å². The number of amides is 1. The molecule has 0 aromatic heterocycles. The Labute approximate surface area is 151 Å². The van der Waals surface area contributed by atoms with E-state index in [2.05, 4.69) is 66.0 Å². The lowest BCUT2D eigenvalue weighted by Gasteiger charge is -2.16. The van der Waals surface area contributed by atoms with Crippen molar-refractivity contribution < 1.29 is 4.79 Å². The summed E-state index contributed by atoms with van der Waals surface area (Å²) in [7, 11) is 1.84. The lowest BCUT2D eigenvalue weighted by atomic mass is 10.0. The summed E-state index contributed by atoms with van der Waals surface area (Å²) in [6, 6.07) is 12.5. The SMILES string of the molecule is Cc1ccc(C)c(/C=C/c2c(Br)cccc2N(C)N)c1.NNC=O. The van der Waals surface area contributed by atoms with Gasteiger partial charge in [0.25, 0.3) is 0 Å². The summed E-state index contributed by atoms with van der Waals surface area (Å²) in [5.74, 6) is 10.3. The lowest BCUT2D eigenvalue weighted by molar-refractivity contribution is -0.109. The summed E-state index contributed by atoms with van der Waals surface area (Å²) in [5, 5.41) is 1.63. The van der Waals surface area contributed by atoms with Crippen LogP contribution in [0.4, 0.5) is 5.69 Å². The molecule has 6 heteroatoms. The van der Waals surface area contributed by atoms with Crippen LogP contribution < -0.4 is 22.1 Å². The van der Waals surface area contributed by atoms with Gasteiger partial charge in [0.1, 0.15) is 0 Å². The standard InChI is InChI=1S/C17H19BrN2.CH4N2O/c1-12-7-8-13(2)14(11-12)9-10-15-16(18)5-4-6-17(15)20(3)19;2-3-1-4/h4-11H,19H2,1-3H3;1H,2H2,(H,3,4)/b10-9+;. The molecule has 2 aromatic rings. The molecule has 0 fully saturated rings. The van der Waals surface area contributed by atoms with Crippen LogP contribution in [0.15, 0.2) is 40.9 Å². The molecule has 5 nitrogen and oxygen atoms in total. The molecule has 0 aliphatic rings. The van der Waals surface area contributed by atoms with Crippen molar-refractivity contribution in [2.75, 3.05) is 12.1 Å². The number of halogens is 1. The quantitative estimate of drug-likeness (QED) is 0.246. The van der Waals surface area contributed by atoms with Gasteiger partial charge in [-0.25, -0.2) is 11.7 Å². The Morgan fingerprint density at radius 1 is 1.17 bits per heavy atom. The summed E-state index contributed by atoms with van der Waals surface area (Å²) < 4.78 is 1.04. The average molecular weight is 391 g/mol. The van der Waals surface area contributed by atoms with Crippen molar-refractivity contribution in [2.45, 2.75) is 13.8 Å². The molecule has 2 aromatic carbocycles. The molecule has 5 N–H and O–H groups in total. The van der Waals surface area contributed by atoms with Crippen LogP contribution in [0.1, 0.15) is 22.3 Å². The second-order valence-corrected chi connectivity index (χ2v) is 6.12. The predicted octanol–water partition coefficient (Wildman–Crippen LogP) is 3.15. The molecule has 128 valence electrons. The molecular formula is C18H23BrN4O. The highest BCUT2D eigenvalue weighted by molar-refractivity contribution is 9.10. The molecule has 0 aliphatic carbocycles. The lowest BCUT2D eigenvalue weighted by Crippen LogP contribution is -2.25. The van der Waals surface area contributed by atoms with Crippen LogP contribution in [0.5, 0.6) is 0 Å². The number of nitrogens with zero attached hydrogens (tertiary/aromatic N) is 1. The van der Waals surface area contributed by atoms with Crippen LogP contribution >= 0.6 is 15.9 Å². The summed E-state index contributed by atoms with van der Waals surface area (Å²) in [5.41, 5.74) is 7.57. The van der Waals surface area contributed by atoms with Crippen molar-refractivity contribution >= 4 is 40.2 Å². The highest BCUT2D eigenvalue weighted by Crippen LogP contribution is 2.28. The molecule has 0 spiro atoms. The number of hydrazine groups is 2. The van der Waals surface area contributed by atoms with E-state index in [9.17, 15) is 0 Å². The minimum atomic E-state index is 0.403. The number of aryl methyl sites for hydroxylation is 2. The normalized spacial score (nSPS) is 10.1. The van der Waals surface area contributed by atoms with E-state index in [4.69, 9.17) is 10.6 Å². The van der Waals surface area contributed by atoms with E-state index in [1.54, 1.807) is 10.4 Å². The molecule has 0 heterocycles. The number of hydrogen-bond donors (Lipinski definition) is 3. The number of benzene rings is 2. The topological polar surface area (TPSA) is 84.4 Å². The van der Waals surface area contributed by atoms with Crippen molar-refractivity contribution in [1.29, 1.82) is 0 Å². The maximum atomic E-state index is 8.94. The molecule has 0 saturated heterocycles.